The Morgan fingerprint density at radius 1 is 1.33 bits per heavy atom. The molecule has 0 atom stereocenters. The molecule has 0 bridgehead atoms. The normalized spacial score (nSPS) is 11.1. The van der Waals surface area contributed by atoms with Gasteiger partial charge in [0.25, 0.3) is 0 Å². The van der Waals surface area contributed by atoms with Crippen LogP contribution in [0.4, 0.5) is 0 Å². The monoisotopic (exact) mass is 290 g/mol. The fraction of sp³-hybridized carbons (Fsp3) is 0.471. The minimum Gasteiger partial charge on any atom is -0.503 e. The van der Waals surface area contributed by atoms with E-state index in [1.54, 1.807) is 12.2 Å². The maximum Gasteiger partial charge on any atom is 0.223 e. The zero-order valence-corrected chi connectivity index (χ0v) is 13.3. The highest BCUT2D eigenvalue weighted by molar-refractivity contribution is 5.30. The van der Waals surface area contributed by atoms with Gasteiger partial charge in [-0.15, -0.1) is 13.2 Å². The Balaban J connectivity index is 3.26. The topological polar surface area (TPSA) is 45.5 Å². The van der Waals surface area contributed by atoms with Crippen molar-refractivity contribution in [3.05, 3.63) is 53.0 Å². The first-order valence-electron chi connectivity index (χ1n) is 7.27. The summed E-state index contributed by atoms with van der Waals surface area (Å²) in [6.07, 6.45) is 3.61. The molecule has 0 saturated carbocycles. The lowest BCUT2D eigenvalue weighted by Gasteiger charge is -2.25. The van der Waals surface area contributed by atoms with Crippen molar-refractivity contribution < 1.29 is 5.11 Å². The van der Waals surface area contributed by atoms with Crippen LogP contribution < -0.4 is 5.43 Å². The molecule has 0 unspecified atom stereocenters. The molecule has 1 N–H and O–H groups in total. The molecule has 21 heavy (non-hydrogen) atoms. The first-order chi connectivity index (χ1) is 9.90. The molecule has 0 radical (unpaired) electrons. The zero-order valence-electron chi connectivity index (χ0n) is 13.3. The lowest BCUT2D eigenvalue weighted by molar-refractivity contribution is 0.302. The van der Waals surface area contributed by atoms with Crippen LogP contribution in [0.15, 0.2) is 36.2 Å². The van der Waals surface area contributed by atoms with E-state index < -0.39 is 0 Å². The van der Waals surface area contributed by atoms with Crippen LogP contribution in [0, 0.1) is 12.8 Å². The molecule has 4 heteroatoms. The van der Waals surface area contributed by atoms with Crippen molar-refractivity contribution in [2.75, 3.05) is 13.1 Å². The van der Waals surface area contributed by atoms with Crippen LogP contribution in [0.1, 0.15) is 25.2 Å². The SMILES string of the molecule is C=CCN(CC=C)Cc1c(O)c(=O)cc(C)n1CC(C)C. The third-order valence-corrected chi connectivity index (χ3v) is 3.29. The van der Waals surface area contributed by atoms with Gasteiger partial charge in [-0.25, -0.2) is 0 Å². The van der Waals surface area contributed by atoms with Gasteiger partial charge in [0.1, 0.15) is 0 Å². The molecule has 0 saturated heterocycles. The molecule has 0 aliphatic heterocycles. The summed E-state index contributed by atoms with van der Waals surface area (Å²) in [6.45, 7) is 16.2. The zero-order chi connectivity index (χ0) is 16.0. The summed E-state index contributed by atoms with van der Waals surface area (Å²) >= 11 is 0. The van der Waals surface area contributed by atoms with E-state index >= 15 is 0 Å². The maximum absolute atomic E-state index is 11.9. The fourth-order valence-corrected chi connectivity index (χ4v) is 2.38. The summed E-state index contributed by atoms with van der Waals surface area (Å²) in [4.78, 5) is 13.9. The molecule has 1 aromatic heterocycles. The van der Waals surface area contributed by atoms with E-state index in [-0.39, 0.29) is 11.2 Å². The Morgan fingerprint density at radius 2 is 1.90 bits per heavy atom. The van der Waals surface area contributed by atoms with E-state index in [0.29, 0.717) is 31.2 Å². The number of aromatic nitrogens is 1. The van der Waals surface area contributed by atoms with Crippen LogP contribution in [0.25, 0.3) is 0 Å². The molecule has 0 aromatic carbocycles. The molecule has 1 aromatic rings. The molecule has 116 valence electrons. The van der Waals surface area contributed by atoms with Crippen molar-refractivity contribution in [3.8, 4) is 5.75 Å². The Hall–Kier alpha value is -1.81. The first-order valence-corrected chi connectivity index (χ1v) is 7.27. The molecule has 1 rings (SSSR count). The quantitative estimate of drug-likeness (QED) is 0.749. The Labute approximate surface area is 127 Å². The molecule has 0 spiro atoms. The van der Waals surface area contributed by atoms with Gasteiger partial charge in [0.2, 0.25) is 5.43 Å². The van der Waals surface area contributed by atoms with Gasteiger partial charge in [-0.05, 0) is 12.8 Å². The van der Waals surface area contributed by atoms with Crippen LogP contribution in [-0.2, 0) is 13.1 Å². The molecule has 1 heterocycles. The number of pyridine rings is 1. The molecular formula is C17H26N2O2. The van der Waals surface area contributed by atoms with E-state index in [9.17, 15) is 9.90 Å². The van der Waals surface area contributed by atoms with Gasteiger partial charge in [-0.2, -0.15) is 0 Å². The summed E-state index contributed by atoms with van der Waals surface area (Å²) in [5, 5.41) is 10.2. The van der Waals surface area contributed by atoms with Gasteiger partial charge < -0.3 is 9.67 Å². The van der Waals surface area contributed by atoms with Crippen molar-refractivity contribution in [3.63, 3.8) is 0 Å². The molecule has 0 aliphatic rings. The van der Waals surface area contributed by atoms with Gasteiger partial charge >= 0.3 is 0 Å². The lowest BCUT2D eigenvalue weighted by atomic mass is 10.1. The minimum absolute atomic E-state index is 0.153. The van der Waals surface area contributed by atoms with E-state index in [2.05, 4.69) is 31.9 Å². The van der Waals surface area contributed by atoms with Crippen LogP contribution in [0.2, 0.25) is 0 Å². The van der Waals surface area contributed by atoms with Crippen LogP contribution in [0.3, 0.4) is 0 Å². The molecule has 0 aliphatic carbocycles. The second-order valence-corrected chi connectivity index (χ2v) is 5.72. The first kappa shape index (κ1) is 17.2. The predicted molar refractivity (Wildman–Crippen MR) is 87.6 cm³/mol. The van der Waals surface area contributed by atoms with Crippen molar-refractivity contribution in [2.45, 2.75) is 33.9 Å². The maximum atomic E-state index is 11.9. The van der Waals surface area contributed by atoms with Crippen molar-refractivity contribution in [1.82, 2.24) is 9.47 Å². The van der Waals surface area contributed by atoms with E-state index in [1.165, 1.54) is 6.07 Å². The predicted octanol–water partition coefficient (Wildman–Crippen LogP) is 2.69. The smallest absolute Gasteiger partial charge is 0.223 e. The van der Waals surface area contributed by atoms with Gasteiger partial charge in [0.05, 0.1) is 5.69 Å². The van der Waals surface area contributed by atoms with Crippen molar-refractivity contribution in [2.24, 2.45) is 5.92 Å². The largest absolute Gasteiger partial charge is 0.503 e. The lowest BCUT2D eigenvalue weighted by Crippen LogP contribution is -2.28. The number of hydrogen-bond acceptors (Lipinski definition) is 3. The third kappa shape index (κ3) is 4.60. The molecule has 4 nitrogen and oxygen atoms in total. The molecule has 0 amide bonds. The van der Waals surface area contributed by atoms with E-state index in [0.717, 1.165) is 12.2 Å². The number of rotatable bonds is 8. The Bertz CT molecular complexity index is 549. The summed E-state index contributed by atoms with van der Waals surface area (Å²) in [7, 11) is 0. The third-order valence-electron chi connectivity index (χ3n) is 3.29. The van der Waals surface area contributed by atoms with Crippen LogP contribution >= 0.6 is 0 Å². The highest BCUT2D eigenvalue weighted by atomic mass is 16.3. The minimum atomic E-state index is -0.320. The molecule has 0 fully saturated rings. The van der Waals surface area contributed by atoms with Crippen LogP contribution in [-0.4, -0.2) is 27.7 Å². The van der Waals surface area contributed by atoms with Crippen molar-refractivity contribution >= 4 is 0 Å². The number of aryl methyl sites for hydroxylation is 1. The average Bonchev–Trinajstić information content (AvgIpc) is 2.40. The number of nitrogens with zero attached hydrogens (tertiary/aromatic N) is 2. The number of aromatic hydroxyl groups is 1. The van der Waals surface area contributed by atoms with Gasteiger partial charge in [0, 0.05) is 37.9 Å². The van der Waals surface area contributed by atoms with E-state index in [1.807, 2.05) is 11.5 Å². The summed E-state index contributed by atoms with van der Waals surface area (Å²) in [5.41, 5.74) is 1.22. The second kappa shape index (κ2) is 7.84. The number of hydrogen-bond donors (Lipinski definition) is 1. The van der Waals surface area contributed by atoms with Gasteiger partial charge in [0.15, 0.2) is 5.75 Å². The summed E-state index contributed by atoms with van der Waals surface area (Å²) in [5.74, 6) is 0.274. The summed E-state index contributed by atoms with van der Waals surface area (Å²) < 4.78 is 2.03. The highest BCUT2D eigenvalue weighted by Gasteiger charge is 2.16. The second-order valence-electron chi connectivity index (χ2n) is 5.72. The van der Waals surface area contributed by atoms with E-state index in [4.69, 9.17) is 0 Å². The molecular weight excluding hydrogens is 264 g/mol. The van der Waals surface area contributed by atoms with Crippen molar-refractivity contribution in [1.29, 1.82) is 0 Å². The standard InChI is InChI=1S/C17H26N2O2/c1-6-8-18(9-7-2)12-15-17(21)16(20)10-14(5)19(15)11-13(3)4/h6-7,10,13,21H,1-2,8-9,11-12H2,3-5H3. The highest BCUT2D eigenvalue weighted by Crippen LogP contribution is 2.18. The fourth-order valence-electron chi connectivity index (χ4n) is 2.38. The van der Waals surface area contributed by atoms with Gasteiger partial charge in [-0.3, -0.25) is 9.69 Å². The Morgan fingerprint density at radius 3 is 2.38 bits per heavy atom. The van der Waals surface area contributed by atoms with Crippen LogP contribution in [0.5, 0.6) is 5.75 Å². The Kier molecular flexibility index (Phi) is 6.43. The summed E-state index contributed by atoms with van der Waals surface area (Å²) in [6, 6.07) is 1.49. The average molecular weight is 290 g/mol. The van der Waals surface area contributed by atoms with Gasteiger partial charge in [-0.1, -0.05) is 26.0 Å².